The average Bonchev–Trinajstić information content (AvgIpc) is 3.00. The monoisotopic (exact) mass is 344 g/mol. The smallest absolute Gasteiger partial charge is 0.276 e. The Bertz CT molecular complexity index is 697. The number of likely N-dealkylation sites (N-methyl/N-ethyl adjacent to an activating group) is 1. The standard InChI is InChI=1S/C18H24N4O3/c1-14-11-16(20-25-14)18(24)22(12-15-7-5-4-6-8-15)13-17(23)19-9-10-21(2)3/h4-8,11H,9-10,12-13H2,1-3H3,(H,19,23). The Labute approximate surface area is 147 Å². The molecule has 2 amide bonds. The van der Waals surface area contributed by atoms with Gasteiger partial charge in [-0.2, -0.15) is 0 Å². The number of nitrogens with zero attached hydrogens (tertiary/aromatic N) is 3. The molecule has 0 unspecified atom stereocenters. The molecule has 0 aliphatic rings. The molecule has 1 N–H and O–H groups in total. The van der Waals surface area contributed by atoms with Crippen molar-refractivity contribution in [1.82, 2.24) is 20.3 Å². The summed E-state index contributed by atoms with van der Waals surface area (Å²) in [5, 5.41) is 6.59. The average molecular weight is 344 g/mol. The maximum Gasteiger partial charge on any atom is 0.276 e. The van der Waals surface area contributed by atoms with Crippen molar-refractivity contribution in [3.05, 3.63) is 53.4 Å². The minimum absolute atomic E-state index is 0.0347. The van der Waals surface area contributed by atoms with Crippen LogP contribution in [0.3, 0.4) is 0 Å². The first-order valence-corrected chi connectivity index (χ1v) is 8.13. The number of amides is 2. The van der Waals surface area contributed by atoms with Gasteiger partial charge in [0.25, 0.3) is 5.91 Å². The number of hydrogen-bond acceptors (Lipinski definition) is 5. The quantitative estimate of drug-likeness (QED) is 0.781. The van der Waals surface area contributed by atoms with E-state index >= 15 is 0 Å². The molecule has 0 spiro atoms. The largest absolute Gasteiger partial charge is 0.361 e. The third kappa shape index (κ3) is 6.04. The van der Waals surface area contributed by atoms with E-state index in [1.807, 2.05) is 49.3 Å². The summed E-state index contributed by atoms with van der Waals surface area (Å²) in [6, 6.07) is 11.1. The molecule has 134 valence electrons. The van der Waals surface area contributed by atoms with Gasteiger partial charge in [-0.3, -0.25) is 9.59 Å². The minimum atomic E-state index is -0.330. The third-order valence-corrected chi connectivity index (χ3v) is 3.57. The molecule has 7 nitrogen and oxygen atoms in total. The fourth-order valence-corrected chi connectivity index (χ4v) is 2.28. The van der Waals surface area contributed by atoms with E-state index in [1.54, 1.807) is 13.0 Å². The first kappa shape index (κ1) is 18.7. The molecule has 0 aliphatic heterocycles. The highest BCUT2D eigenvalue weighted by Crippen LogP contribution is 2.10. The minimum Gasteiger partial charge on any atom is -0.361 e. The van der Waals surface area contributed by atoms with Crippen molar-refractivity contribution in [2.24, 2.45) is 0 Å². The van der Waals surface area contributed by atoms with Crippen LogP contribution in [0, 0.1) is 6.92 Å². The summed E-state index contributed by atoms with van der Waals surface area (Å²) in [5.41, 5.74) is 1.15. The highest BCUT2D eigenvalue weighted by molar-refractivity contribution is 5.94. The van der Waals surface area contributed by atoms with Gasteiger partial charge in [-0.25, -0.2) is 0 Å². The zero-order chi connectivity index (χ0) is 18.2. The van der Waals surface area contributed by atoms with Gasteiger partial charge in [-0.05, 0) is 26.6 Å². The van der Waals surface area contributed by atoms with Gasteiger partial charge in [0.05, 0.1) is 0 Å². The fourth-order valence-electron chi connectivity index (χ4n) is 2.28. The van der Waals surface area contributed by atoms with E-state index in [4.69, 9.17) is 4.52 Å². The molecule has 0 aliphatic carbocycles. The predicted molar refractivity (Wildman–Crippen MR) is 94.0 cm³/mol. The van der Waals surface area contributed by atoms with Gasteiger partial charge in [0.2, 0.25) is 5.91 Å². The Morgan fingerprint density at radius 2 is 1.92 bits per heavy atom. The highest BCUT2D eigenvalue weighted by Gasteiger charge is 2.22. The second-order valence-electron chi connectivity index (χ2n) is 6.12. The van der Waals surface area contributed by atoms with Gasteiger partial charge in [0.1, 0.15) is 12.3 Å². The number of hydrogen-bond donors (Lipinski definition) is 1. The molecule has 0 saturated carbocycles. The van der Waals surface area contributed by atoms with E-state index in [0.717, 1.165) is 12.1 Å². The molecule has 0 fully saturated rings. The van der Waals surface area contributed by atoms with Crippen LogP contribution in [0.25, 0.3) is 0 Å². The van der Waals surface area contributed by atoms with Crippen LogP contribution in [0.4, 0.5) is 0 Å². The second kappa shape index (κ2) is 8.98. The maximum absolute atomic E-state index is 12.7. The van der Waals surface area contributed by atoms with Crippen molar-refractivity contribution in [2.45, 2.75) is 13.5 Å². The Balaban J connectivity index is 2.06. The molecule has 1 heterocycles. The molecule has 0 saturated heterocycles. The highest BCUT2D eigenvalue weighted by atomic mass is 16.5. The summed E-state index contributed by atoms with van der Waals surface area (Å²) < 4.78 is 4.98. The molecule has 7 heteroatoms. The van der Waals surface area contributed by atoms with Crippen molar-refractivity contribution < 1.29 is 14.1 Å². The lowest BCUT2D eigenvalue weighted by Crippen LogP contribution is -2.42. The van der Waals surface area contributed by atoms with Gasteiger partial charge in [0, 0.05) is 25.7 Å². The zero-order valence-electron chi connectivity index (χ0n) is 14.9. The molecular weight excluding hydrogens is 320 g/mol. The molecule has 0 atom stereocenters. The van der Waals surface area contributed by atoms with Crippen LogP contribution < -0.4 is 5.32 Å². The summed E-state index contributed by atoms with van der Waals surface area (Å²) in [7, 11) is 3.87. The third-order valence-electron chi connectivity index (χ3n) is 3.57. The van der Waals surface area contributed by atoms with Crippen LogP contribution in [0.1, 0.15) is 21.8 Å². The van der Waals surface area contributed by atoms with Gasteiger partial charge >= 0.3 is 0 Å². The van der Waals surface area contributed by atoms with E-state index in [-0.39, 0.29) is 24.1 Å². The predicted octanol–water partition coefficient (Wildman–Crippen LogP) is 1.30. The second-order valence-corrected chi connectivity index (χ2v) is 6.12. The summed E-state index contributed by atoms with van der Waals surface area (Å²) in [4.78, 5) is 28.3. The summed E-state index contributed by atoms with van der Waals surface area (Å²) in [6.07, 6.45) is 0. The van der Waals surface area contributed by atoms with Crippen LogP contribution in [-0.2, 0) is 11.3 Å². The van der Waals surface area contributed by atoms with Crippen molar-refractivity contribution in [3.8, 4) is 0 Å². The van der Waals surface area contributed by atoms with Crippen LogP contribution in [0.5, 0.6) is 0 Å². The molecule has 25 heavy (non-hydrogen) atoms. The van der Waals surface area contributed by atoms with Crippen molar-refractivity contribution in [3.63, 3.8) is 0 Å². The van der Waals surface area contributed by atoms with Crippen LogP contribution >= 0.6 is 0 Å². The Hall–Kier alpha value is -2.67. The van der Waals surface area contributed by atoms with Crippen molar-refractivity contribution in [1.29, 1.82) is 0 Å². The lowest BCUT2D eigenvalue weighted by molar-refractivity contribution is -0.121. The molecule has 2 rings (SSSR count). The maximum atomic E-state index is 12.7. The Kier molecular flexibility index (Phi) is 6.71. The molecule has 1 aromatic carbocycles. The number of rotatable bonds is 8. The SMILES string of the molecule is Cc1cc(C(=O)N(CC(=O)NCCN(C)C)Cc2ccccc2)no1. The van der Waals surface area contributed by atoms with Crippen molar-refractivity contribution in [2.75, 3.05) is 33.7 Å². The van der Waals surface area contributed by atoms with Gasteiger partial charge < -0.3 is 19.6 Å². The lowest BCUT2D eigenvalue weighted by Gasteiger charge is -2.21. The molecule has 0 radical (unpaired) electrons. The van der Waals surface area contributed by atoms with Crippen LogP contribution in [-0.4, -0.2) is 60.5 Å². The van der Waals surface area contributed by atoms with E-state index in [1.165, 1.54) is 4.90 Å². The van der Waals surface area contributed by atoms with Gasteiger partial charge in [-0.15, -0.1) is 0 Å². The van der Waals surface area contributed by atoms with E-state index < -0.39 is 0 Å². The number of aryl methyl sites for hydroxylation is 1. The molecular formula is C18H24N4O3. The van der Waals surface area contributed by atoms with E-state index in [0.29, 0.717) is 18.8 Å². The number of nitrogens with one attached hydrogen (secondary N) is 1. The Morgan fingerprint density at radius 3 is 2.52 bits per heavy atom. The number of carbonyl (C=O) groups is 2. The zero-order valence-corrected chi connectivity index (χ0v) is 14.9. The topological polar surface area (TPSA) is 78.7 Å². The molecule has 2 aromatic rings. The molecule has 1 aromatic heterocycles. The number of carbonyl (C=O) groups excluding carboxylic acids is 2. The summed E-state index contributed by atoms with van der Waals surface area (Å²) in [5.74, 6) is 0.0215. The van der Waals surface area contributed by atoms with Crippen molar-refractivity contribution >= 4 is 11.8 Å². The first-order chi connectivity index (χ1) is 12.0. The first-order valence-electron chi connectivity index (χ1n) is 8.13. The van der Waals surface area contributed by atoms with E-state index in [2.05, 4.69) is 10.5 Å². The number of benzene rings is 1. The fraction of sp³-hybridized carbons (Fsp3) is 0.389. The normalized spacial score (nSPS) is 10.7. The van der Waals surface area contributed by atoms with E-state index in [9.17, 15) is 9.59 Å². The number of aromatic nitrogens is 1. The molecule has 0 bridgehead atoms. The summed E-state index contributed by atoms with van der Waals surface area (Å²) in [6.45, 7) is 3.28. The van der Waals surface area contributed by atoms with Gasteiger partial charge in [0.15, 0.2) is 5.69 Å². The summed E-state index contributed by atoms with van der Waals surface area (Å²) >= 11 is 0. The van der Waals surface area contributed by atoms with Gasteiger partial charge in [-0.1, -0.05) is 35.5 Å². The Morgan fingerprint density at radius 1 is 1.20 bits per heavy atom. The van der Waals surface area contributed by atoms with Crippen LogP contribution in [0.15, 0.2) is 40.9 Å². The lowest BCUT2D eigenvalue weighted by atomic mass is 10.2. The van der Waals surface area contributed by atoms with Crippen LogP contribution in [0.2, 0.25) is 0 Å².